The highest BCUT2D eigenvalue weighted by Gasteiger charge is 2.56. The molecule has 3 aliphatic carbocycles. The van der Waals surface area contributed by atoms with E-state index in [4.69, 9.17) is 0 Å². The molecule has 20 heavy (non-hydrogen) atoms. The third-order valence-corrected chi connectivity index (χ3v) is 5.63. The number of hydrogen-bond donors (Lipinski definition) is 0. The summed E-state index contributed by atoms with van der Waals surface area (Å²) in [6.45, 7) is 4.55. The van der Waals surface area contributed by atoms with Crippen molar-refractivity contribution >= 4 is 0 Å². The molecule has 0 N–H and O–H groups in total. The number of nitrogens with zero attached hydrogens (tertiary/aromatic N) is 1. The summed E-state index contributed by atoms with van der Waals surface area (Å²) in [4.78, 5) is 0. The normalized spacial score (nSPS) is 33.1. The van der Waals surface area contributed by atoms with Gasteiger partial charge in [-0.05, 0) is 28.7 Å². The second-order valence-electron chi connectivity index (χ2n) is 6.51. The van der Waals surface area contributed by atoms with Gasteiger partial charge in [0, 0.05) is 10.8 Å². The molecule has 3 aliphatic rings. The fraction of sp³-hybridized carbons (Fsp3) is 0.316. The van der Waals surface area contributed by atoms with Gasteiger partial charge in [0.2, 0.25) is 0 Å². The fourth-order valence-corrected chi connectivity index (χ4v) is 4.51. The Labute approximate surface area is 119 Å². The van der Waals surface area contributed by atoms with Gasteiger partial charge in [0.15, 0.2) is 0 Å². The van der Waals surface area contributed by atoms with Crippen LogP contribution in [0.1, 0.15) is 42.5 Å². The lowest BCUT2D eigenvalue weighted by Crippen LogP contribution is -2.51. The molecule has 0 amide bonds. The Morgan fingerprint density at radius 3 is 1.80 bits per heavy atom. The van der Waals surface area contributed by atoms with E-state index < -0.39 is 0 Å². The van der Waals surface area contributed by atoms with Crippen LogP contribution in [0.15, 0.2) is 48.5 Å². The van der Waals surface area contributed by atoms with E-state index in [1.807, 2.05) is 0 Å². The first-order valence-electron chi connectivity index (χ1n) is 7.22. The summed E-state index contributed by atoms with van der Waals surface area (Å²) in [5.74, 6) is 0.0531. The zero-order chi connectivity index (χ0) is 14.0. The highest BCUT2D eigenvalue weighted by Crippen LogP contribution is 2.61. The van der Waals surface area contributed by atoms with Gasteiger partial charge in [-0.15, -0.1) is 0 Å². The van der Waals surface area contributed by atoms with Crippen LogP contribution in [-0.4, -0.2) is 0 Å². The van der Waals surface area contributed by atoms with E-state index in [1.54, 1.807) is 0 Å². The van der Waals surface area contributed by atoms with Crippen molar-refractivity contribution in [3.8, 4) is 6.07 Å². The van der Waals surface area contributed by atoms with Gasteiger partial charge in [-0.3, -0.25) is 0 Å². The highest BCUT2D eigenvalue weighted by molar-refractivity contribution is 5.63. The van der Waals surface area contributed by atoms with E-state index >= 15 is 0 Å². The maximum Gasteiger partial charge on any atom is 0.0669 e. The standard InChI is InChI=1S/C19H17N/c1-18-11-13(12-20)19(2,16-9-5-3-7-14(16)18)17-10-6-4-8-15(17)18/h3-10,13H,11H2,1-2H3/t13-,18?,19?/m1/s1. The first-order valence-corrected chi connectivity index (χ1v) is 7.22. The minimum atomic E-state index is -0.167. The second kappa shape index (κ2) is 3.52. The highest BCUT2D eigenvalue weighted by atomic mass is 14.6. The van der Waals surface area contributed by atoms with Crippen molar-refractivity contribution in [2.75, 3.05) is 0 Å². The molecule has 1 heteroatoms. The number of hydrogen-bond acceptors (Lipinski definition) is 1. The van der Waals surface area contributed by atoms with Crippen molar-refractivity contribution in [2.45, 2.75) is 31.1 Å². The van der Waals surface area contributed by atoms with Crippen LogP contribution in [0.4, 0.5) is 0 Å². The summed E-state index contributed by atoms with van der Waals surface area (Å²) in [5, 5.41) is 9.69. The van der Waals surface area contributed by atoms with Crippen molar-refractivity contribution in [3.05, 3.63) is 70.8 Å². The predicted molar refractivity (Wildman–Crippen MR) is 79.5 cm³/mol. The first-order chi connectivity index (χ1) is 9.62. The monoisotopic (exact) mass is 259 g/mol. The predicted octanol–water partition coefficient (Wildman–Crippen LogP) is 4.16. The Morgan fingerprint density at radius 1 is 0.900 bits per heavy atom. The maximum absolute atomic E-state index is 9.69. The van der Waals surface area contributed by atoms with E-state index in [-0.39, 0.29) is 16.7 Å². The molecule has 0 aromatic heterocycles. The molecule has 0 aliphatic heterocycles. The zero-order valence-corrected chi connectivity index (χ0v) is 11.9. The van der Waals surface area contributed by atoms with Gasteiger partial charge >= 0.3 is 0 Å². The molecular formula is C19H17N. The fourth-order valence-electron chi connectivity index (χ4n) is 4.51. The summed E-state index contributed by atoms with van der Waals surface area (Å²) in [6, 6.07) is 20.0. The Morgan fingerprint density at radius 2 is 1.35 bits per heavy atom. The molecule has 1 nitrogen and oxygen atoms in total. The lowest BCUT2D eigenvalue weighted by Gasteiger charge is -2.55. The quantitative estimate of drug-likeness (QED) is 0.697. The molecule has 2 aromatic rings. The molecule has 0 saturated heterocycles. The maximum atomic E-state index is 9.69. The average molecular weight is 259 g/mol. The van der Waals surface area contributed by atoms with Crippen LogP contribution in [0.3, 0.4) is 0 Å². The minimum Gasteiger partial charge on any atom is -0.198 e. The van der Waals surface area contributed by atoms with E-state index in [1.165, 1.54) is 22.3 Å². The molecule has 98 valence electrons. The molecule has 0 saturated carbocycles. The first kappa shape index (κ1) is 11.7. The summed E-state index contributed by atoms with van der Waals surface area (Å²) in [6.07, 6.45) is 0.925. The Bertz CT molecular complexity index is 703. The molecule has 0 spiro atoms. The SMILES string of the molecule is CC12C[C@H](C#N)C(C)(c3ccccc31)c1ccccc12. The van der Waals surface area contributed by atoms with Crippen LogP contribution in [0.25, 0.3) is 0 Å². The van der Waals surface area contributed by atoms with Crippen molar-refractivity contribution in [1.82, 2.24) is 0 Å². The van der Waals surface area contributed by atoms with Crippen molar-refractivity contribution in [2.24, 2.45) is 5.92 Å². The average Bonchev–Trinajstić information content (AvgIpc) is 2.50. The number of nitriles is 1. The van der Waals surface area contributed by atoms with Gasteiger partial charge in [0.25, 0.3) is 0 Å². The molecule has 0 heterocycles. The van der Waals surface area contributed by atoms with Gasteiger partial charge in [0.05, 0.1) is 12.0 Å². The van der Waals surface area contributed by atoms with Crippen molar-refractivity contribution in [3.63, 3.8) is 0 Å². The van der Waals surface area contributed by atoms with E-state index in [9.17, 15) is 5.26 Å². The van der Waals surface area contributed by atoms with Crippen LogP contribution in [0.2, 0.25) is 0 Å². The third-order valence-electron chi connectivity index (χ3n) is 5.63. The minimum absolute atomic E-state index is 0.0225. The topological polar surface area (TPSA) is 23.8 Å². The molecule has 2 bridgehead atoms. The van der Waals surface area contributed by atoms with Gasteiger partial charge in [0.1, 0.15) is 0 Å². The van der Waals surface area contributed by atoms with Gasteiger partial charge in [-0.1, -0.05) is 62.4 Å². The summed E-state index contributed by atoms with van der Waals surface area (Å²) in [7, 11) is 0. The van der Waals surface area contributed by atoms with Gasteiger partial charge < -0.3 is 0 Å². The Kier molecular flexibility index (Phi) is 2.07. The molecule has 5 rings (SSSR count). The zero-order valence-electron chi connectivity index (χ0n) is 11.9. The molecule has 2 aromatic carbocycles. The van der Waals surface area contributed by atoms with E-state index in [2.05, 4.69) is 68.4 Å². The molecule has 0 radical (unpaired) electrons. The summed E-state index contributed by atoms with van der Waals surface area (Å²) in [5.41, 5.74) is 5.32. The van der Waals surface area contributed by atoms with Crippen LogP contribution < -0.4 is 0 Å². The lowest BCUT2D eigenvalue weighted by molar-refractivity contribution is 0.263. The van der Waals surface area contributed by atoms with Crippen LogP contribution in [0.5, 0.6) is 0 Å². The molecule has 1 atom stereocenters. The van der Waals surface area contributed by atoms with Crippen LogP contribution in [-0.2, 0) is 10.8 Å². The number of benzene rings is 2. The smallest absolute Gasteiger partial charge is 0.0669 e. The third kappa shape index (κ3) is 1.10. The Hall–Kier alpha value is -2.07. The lowest BCUT2D eigenvalue weighted by atomic mass is 9.46. The second-order valence-corrected chi connectivity index (χ2v) is 6.51. The van der Waals surface area contributed by atoms with Gasteiger partial charge in [-0.2, -0.15) is 5.26 Å². The van der Waals surface area contributed by atoms with Crippen molar-refractivity contribution < 1.29 is 0 Å². The largest absolute Gasteiger partial charge is 0.198 e. The van der Waals surface area contributed by atoms with Crippen LogP contribution in [0, 0.1) is 17.2 Å². The number of fused-ring (bicyclic) bond motifs is 1. The van der Waals surface area contributed by atoms with Crippen molar-refractivity contribution in [1.29, 1.82) is 5.26 Å². The van der Waals surface area contributed by atoms with Crippen LogP contribution >= 0.6 is 0 Å². The summed E-state index contributed by atoms with van der Waals surface area (Å²) < 4.78 is 0. The molecule has 0 unspecified atom stereocenters. The molecule has 0 fully saturated rings. The Balaban J connectivity index is 2.17. The molecular weight excluding hydrogens is 242 g/mol. The summed E-state index contributed by atoms with van der Waals surface area (Å²) >= 11 is 0. The number of rotatable bonds is 0. The van der Waals surface area contributed by atoms with Gasteiger partial charge in [-0.25, -0.2) is 0 Å². The van der Waals surface area contributed by atoms with E-state index in [0.717, 1.165) is 6.42 Å². The van der Waals surface area contributed by atoms with E-state index in [0.29, 0.717) is 0 Å².